The maximum Gasteiger partial charge on any atom is 0.246 e. The van der Waals surface area contributed by atoms with Crippen molar-refractivity contribution in [2.75, 3.05) is 33.7 Å². The van der Waals surface area contributed by atoms with E-state index < -0.39 is 93.6 Å². The lowest BCUT2D eigenvalue weighted by atomic mass is 9.49. The fraction of sp³-hybridized carbons (Fsp3) is 0.844. The van der Waals surface area contributed by atoms with Gasteiger partial charge in [0.15, 0.2) is 0 Å². The Morgan fingerprint density at radius 2 is 1.00 bits per heavy atom. The van der Waals surface area contributed by atoms with Gasteiger partial charge >= 0.3 is 0 Å². The molecule has 9 N–H and O–H groups in total. The fourth-order valence-electron chi connectivity index (χ4n) is 13.5. The molecule has 5 unspecified atom stereocenters. The molecule has 0 aromatic heterocycles. The van der Waals surface area contributed by atoms with Crippen molar-refractivity contribution in [2.45, 2.75) is 272 Å². The highest BCUT2D eigenvalue weighted by Gasteiger charge is 2.57. The first-order valence-electron chi connectivity index (χ1n) is 32.3. The fourth-order valence-corrected chi connectivity index (χ4v) is 13.5. The number of hydrogen-bond donors (Lipinski definition) is 9. The standard InChI is InChI=1S/C64H113N11O10/c1-17-18-19-20-21-22-24-46(67-56(81)50-25-23-28-75(50)60(85)64-35-43-32-44(36-64)34-45(33-43)37-64)52(77)68-48(30-40(4)5)54(79)71-62(11,12)58(83)70-47(29-39(2)3)53(78)69-49(31-41(6)7)55(80)72-63(13,14)59(84)73-61(9,10)57(82)65-27-26-51(76)66-42(8)38-74(15)16/h39-50H,17-38H2,1-16H3,(H,65,82)(H,66,76)(H,67,81)(H,68,77)(H,69,78)(H,70,83)(H,71,79)(H,72,80)(H,73,84)/t42?,43?,44?,45?,46?,47?,48?,49?,50-,64?/m0/s1. The number of rotatable bonds is 35. The number of nitrogens with one attached hydrogen (secondary N) is 9. The highest BCUT2D eigenvalue weighted by molar-refractivity contribution is 6.00. The van der Waals surface area contributed by atoms with Gasteiger partial charge in [-0.15, -0.1) is 0 Å². The van der Waals surface area contributed by atoms with Gasteiger partial charge in [0.25, 0.3) is 0 Å². The number of likely N-dealkylation sites (N-methyl/N-ethyl adjacent to an activating group) is 1. The molecule has 21 heteroatoms. The predicted molar refractivity (Wildman–Crippen MR) is 330 cm³/mol. The highest BCUT2D eigenvalue weighted by atomic mass is 16.2. The van der Waals surface area contributed by atoms with E-state index in [-0.39, 0.29) is 73.7 Å². The third-order valence-electron chi connectivity index (χ3n) is 17.5. The van der Waals surface area contributed by atoms with Gasteiger partial charge in [-0.2, -0.15) is 0 Å². The molecule has 6 atom stereocenters. The third-order valence-corrected chi connectivity index (χ3v) is 17.5. The summed E-state index contributed by atoms with van der Waals surface area (Å²) in [4.78, 5) is 144. The molecule has 0 radical (unpaired) electrons. The van der Waals surface area contributed by atoms with Crippen molar-refractivity contribution in [1.82, 2.24) is 57.7 Å². The van der Waals surface area contributed by atoms with Crippen LogP contribution in [0.1, 0.15) is 219 Å². The molecule has 5 rings (SSSR count). The van der Waals surface area contributed by atoms with Crippen LogP contribution in [-0.2, 0) is 47.9 Å². The lowest BCUT2D eigenvalue weighted by Crippen LogP contribution is -2.65. The minimum absolute atomic E-state index is 0.0327. The van der Waals surface area contributed by atoms with Crippen molar-refractivity contribution in [3.63, 3.8) is 0 Å². The number of nitrogens with zero attached hydrogens (tertiary/aromatic N) is 2. The van der Waals surface area contributed by atoms with Crippen molar-refractivity contribution < 1.29 is 47.9 Å². The van der Waals surface area contributed by atoms with Crippen LogP contribution >= 0.6 is 0 Å². The normalized spacial score (nSPS) is 22.0. The molecule has 1 heterocycles. The Balaban J connectivity index is 1.42. The molecule has 10 amide bonds. The molecule has 4 bridgehead atoms. The van der Waals surface area contributed by atoms with Gasteiger partial charge in [-0.1, -0.05) is 87.0 Å². The van der Waals surface area contributed by atoms with Crippen molar-refractivity contribution in [3.05, 3.63) is 0 Å². The summed E-state index contributed by atoms with van der Waals surface area (Å²) in [7, 11) is 3.80. The van der Waals surface area contributed by atoms with Gasteiger partial charge in [-0.3, -0.25) is 47.9 Å². The van der Waals surface area contributed by atoms with E-state index in [2.05, 4.69) is 54.8 Å². The summed E-state index contributed by atoms with van der Waals surface area (Å²) in [5, 5.41) is 25.5. The summed E-state index contributed by atoms with van der Waals surface area (Å²) in [6.45, 7) is 25.5. The molecule has 5 aliphatic rings. The van der Waals surface area contributed by atoms with Crippen LogP contribution < -0.4 is 47.9 Å². The molecule has 85 heavy (non-hydrogen) atoms. The van der Waals surface area contributed by atoms with Crippen molar-refractivity contribution in [3.8, 4) is 0 Å². The Labute approximate surface area is 509 Å². The van der Waals surface area contributed by atoms with Crippen LogP contribution in [0, 0.1) is 40.9 Å². The molecular formula is C64H113N11O10. The molecule has 484 valence electrons. The Morgan fingerprint density at radius 3 is 1.49 bits per heavy atom. The zero-order valence-corrected chi connectivity index (χ0v) is 55.0. The van der Waals surface area contributed by atoms with Crippen molar-refractivity contribution in [2.24, 2.45) is 40.9 Å². The highest BCUT2D eigenvalue weighted by Crippen LogP contribution is 2.61. The van der Waals surface area contributed by atoms with E-state index in [0.29, 0.717) is 56.5 Å². The summed E-state index contributed by atoms with van der Waals surface area (Å²) >= 11 is 0. The van der Waals surface area contributed by atoms with E-state index >= 15 is 0 Å². The van der Waals surface area contributed by atoms with Gasteiger partial charge in [0.1, 0.15) is 46.8 Å². The molecule has 21 nitrogen and oxygen atoms in total. The monoisotopic (exact) mass is 1200 g/mol. The summed E-state index contributed by atoms with van der Waals surface area (Å²) in [6.07, 6.45) is 14.2. The summed E-state index contributed by atoms with van der Waals surface area (Å²) in [6, 6.07) is -5.15. The van der Waals surface area contributed by atoms with E-state index in [1.54, 1.807) is 4.90 Å². The van der Waals surface area contributed by atoms with Crippen LogP contribution in [0.5, 0.6) is 0 Å². The quantitative estimate of drug-likeness (QED) is 0.0368. The van der Waals surface area contributed by atoms with E-state index in [1.165, 1.54) is 60.8 Å². The molecule has 0 spiro atoms. The van der Waals surface area contributed by atoms with E-state index in [9.17, 15) is 47.9 Å². The number of amides is 10. The van der Waals surface area contributed by atoms with Gasteiger partial charge in [-0.05, 0) is 175 Å². The number of unbranched alkanes of at least 4 members (excludes halogenated alkanes) is 5. The molecule has 4 aliphatic carbocycles. The number of hydrogen-bond acceptors (Lipinski definition) is 11. The van der Waals surface area contributed by atoms with Crippen LogP contribution in [-0.4, -0.2) is 155 Å². The second-order valence-corrected chi connectivity index (χ2v) is 29.1. The SMILES string of the molecule is CCCCCCCCC(NC(=O)[C@@H]1CCCN1C(=O)C12CC3CC(CC(C3)C1)C2)C(=O)NC(CC(C)C)C(=O)NC(C)(C)C(=O)NC(CC(C)C)C(=O)NC(CC(C)C)C(=O)NC(C)(C)C(=O)NC(C)(C)C(=O)NCCC(=O)NC(C)CN(C)C. The minimum atomic E-state index is -1.62. The summed E-state index contributed by atoms with van der Waals surface area (Å²) < 4.78 is 0. The van der Waals surface area contributed by atoms with Crippen molar-refractivity contribution in [1.29, 1.82) is 0 Å². The second kappa shape index (κ2) is 32.1. The molecule has 1 aliphatic heterocycles. The number of likely N-dealkylation sites (tertiary alicyclic amines) is 1. The van der Waals surface area contributed by atoms with Gasteiger partial charge < -0.3 is 57.7 Å². The lowest BCUT2D eigenvalue weighted by Gasteiger charge is -2.56. The third kappa shape index (κ3) is 22.1. The first-order chi connectivity index (χ1) is 39.6. The maximum atomic E-state index is 14.6. The van der Waals surface area contributed by atoms with Gasteiger partial charge in [-0.25, -0.2) is 0 Å². The summed E-state index contributed by atoms with van der Waals surface area (Å²) in [5.41, 5.74) is -5.04. The molecule has 0 aromatic rings. The number of carbonyl (C=O) groups excluding carboxylic acids is 10. The maximum absolute atomic E-state index is 14.6. The Kier molecular flexibility index (Phi) is 27.2. The van der Waals surface area contributed by atoms with E-state index in [4.69, 9.17) is 0 Å². The zero-order chi connectivity index (χ0) is 63.8. The largest absolute Gasteiger partial charge is 0.354 e. The van der Waals surface area contributed by atoms with Crippen molar-refractivity contribution >= 4 is 59.1 Å². The van der Waals surface area contributed by atoms with Crippen LogP contribution in [0.2, 0.25) is 0 Å². The van der Waals surface area contributed by atoms with E-state index in [1.807, 2.05) is 67.5 Å². The van der Waals surface area contributed by atoms with Gasteiger partial charge in [0.2, 0.25) is 59.1 Å². The lowest BCUT2D eigenvalue weighted by molar-refractivity contribution is -0.160. The Bertz CT molecular complexity index is 2280. The average molecular weight is 1200 g/mol. The zero-order valence-electron chi connectivity index (χ0n) is 55.0. The van der Waals surface area contributed by atoms with Gasteiger partial charge in [0.05, 0.1) is 5.41 Å². The van der Waals surface area contributed by atoms with E-state index in [0.717, 1.165) is 51.4 Å². The second-order valence-electron chi connectivity index (χ2n) is 29.1. The number of carbonyl (C=O) groups is 10. The minimum Gasteiger partial charge on any atom is -0.354 e. The summed E-state index contributed by atoms with van der Waals surface area (Å²) in [5.74, 6) is -3.44. The smallest absolute Gasteiger partial charge is 0.246 e. The molecule has 1 saturated heterocycles. The molecule has 0 aromatic carbocycles. The van der Waals surface area contributed by atoms with Crippen LogP contribution in [0.15, 0.2) is 0 Å². The molecule has 5 fully saturated rings. The first-order valence-corrected chi connectivity index (χ1v) is 32.3. The van der Waals surface area contributed by atoms with Crippen LogP contribution in [0.4, 0.5) is 0 Å². The van der Waals surface area contributed by atoms with Crippen LogP contribution in [0.25, 0.3) is 0 Å². The average Bonchev–Trinajstić information content (AvgIpc) is 1.82. The molecule has 4 saturated carbocycles. The predicted octanol–water partition coefficient (Wildman–Crippen LogP) is 5.28. The molecular weight excluding hydrogens is 1080 g/mol. The Morgan fingerprint density at radius 1 is 0.541 bits per heavy atom. The topological polar surface area (TPSA) is 285 Å². The first kappa shape index (κ1) is 72.1. The van der Waals surface area contributed by atoms with Crippen LogP contribution in [0.3, 0.4) is 0 Å². The van der Waals surface area contributed by atoms with Gasteiger partial charge in [0, 0.05) is 32.1 Å². The Hall–Kier alpha value is -5.34.